The first-order valence-corrected chi connectivity index (χ1v) is 7.46. The summed E-state index contributed by atoms with van der Waals surface area (Å²) in [4.78, 5) is 10.7. The first-order valence-electron chi connectivity index (χ1n) is 7.46. The van der Waals surface area contributed by atoms with Crippen molar-refractivity contribution in [1.82, 2.24) is 20.2 Å². The van der Waals surface area contributed by atoms with E-state index in [-0.39, 0.29) is 5.82 Å². The topological polar surface area (TPSA) is 57.7 Å². The van der Waals surface area contributed by atoms with Gasteiger partial charge in [0.25, 0.3) is 0 Å². The van der Waals surface area contributed by atoms with Gasteiger partial charge in [-0.15, -0.1) is 0 Å². The van der Waals surface area contributed by atoms with E-state index in [0.717, 1.165) is 31.6 Å². The number of benzene rings is 1. The van der Waals surface area contributed by atoms with Crippen molar-refractivity contribution in [2.24, 2.45) is 0 Å². The summed E-state index contributed by atoms with van der Waals surface area (Å²) in [6, 6.07) is 6.97. The van der Waals surface area contributed by atoms with Crippen LogP contribution in [0.2, 0.25) is 0 Å². The molecule has 0 radical (unpaired) electrons. The quantitative estimate of drug-likeness (QED) is 0.790. The number of halogens is 1. The highest BCUT2D eigenvalue weighted by molar-refractivity contribution is 5.89. The molecule has 1 fully saturated rings. The van der Waals surface area contributed by atoms with Gasteiger partial charge in [-0.2, -0.15) is 5.10 Å². The van der Waals surface area contributed by atoms with Gasteiger partial charge in [0.15, 0.2) is 0 Å². The Bertz CT molecular complexity index is 781. The number of nitrogens with zero attached hydrogens (tertiary/aromatic N) is 4. The third-order valence-corrected chi connectivity index (χ3v) is 4.28. The highest BCUT2D eigenvalue weighted by Crippen LogP contribution is 2.32. The van der Waals surface area contributed by atoms with Crippen molar-refractivity contribution in [2.75, 3.05) is 18.0 Å². The number of hydrogen-bond donors (Lipinski definition) is 1. The molecule has 2 aromatic heterocycles. The van der Waals surface area contributed by atoms with Gasteiger partial charge in [-0.3, -0.25) is 5.10 Å². The number of aromatic amines is 1. The zero-order valence-corrected chi connectivity index (χ0v) is 12.0. The van der Waals surface area contributed by atoms with Gasteiger partial charge in [0.05, 0.1) is 10.9 Å². The minimum absolute atomic E-state index is 0.267. The molecule has 1 saturated heterocycles. The molecule has 5 nitrogen and oxygen atoms in total. The molecule has 0 bridgehead atoms. The number of H-pyrrole nitrogens is 1. The van der Waals surface area contributed by atoms with E-state index in [1.807, 2.05) is 12.1 Å². The molecule has 1 aromatic carbocycles. The summed E-state index contributed by atoms with van der Waals surface area (Å²) in [6.45, 7) is 1.69. The number of nitrogens with one attached hydrogen (secondary N) is 1. The van der Waals surface area contributed by atoms with E-state index < -0.39 is 0 Å². The van der Waals surface area contributed by atoms with Crippen molar-refractivity contribution < 1.29 is 4.39 Å². The van der Waals surface area contributed by atoms with Crippen LogP contribution >= 0.6 is 0 Å². The molecule has 3 heterocycles. The molecule has 4 rings (SSSR count). The monoisotopic (exact) mass is 297 g/mol. The molecule has 0 amide bonds. The zero-order chi connectivity index (χ0) is 14.9. The third-order valence-electron chi connectivity index (χ3n) is 4.28. The molecule has 0 aliphatic carbocycles. The van der Waals surface area contributed by atoms with Gasteiger partial charge >= 0.3 is 0 Å². The maximum atomic E-state index is 14.2. The van der Waals surface area contributed by atoms with Crippen LogP contribution in [0.15, 0.2) is 36.8 Å². The van der Waals surface area contributed by atoms with E-state index in [2.05, 4.69) is 25.1 Å². The first-order chi connectivity index (χ1) is 10.8. The summed E-state index contributed by atoms with van der Waals surface area (Å²) < 4.78 is 14.2. The van der Waals surface area contributed by atoms with E-state index in [9.17, 15) is 4.39 Å². The van der Waals surface area contributed by atoms with Gasteiger partial charge < -0.3 is 4.90 Å². The largest absolute Gasteiger partial charge is 0.355 e. The van der Waals surface area contributed by atoms with Crippen LogP contribution in [0.25, 0.3) is 10.9 Å². The van der Waals surface area contributed by atoms with Crippen molar-refractivity contribution in [3.63, 3.8) is 0 Å². The Kier molecular flexibility index (Phi) is 3.21. The minimum atomic E-state index is -0.267. The molecule has 0 unspecified atom stereocenters. The first kappa shape index (κ1) is 13.2. The SMILES string of the molecule is Fc1cccc2ncnc(N3CCC[C@H](c4ccn[nH]4)C3)c12. The molecule has 0 saturated carbocycles. The Morgan fingerprint density at radius 2 is 2.18 bits per heavy atom. The molecule has 3 aromatic rings. The summed E-state index contributed by atoms with van der Waals surface area (Å²) >= 11 is 0. The molecular weight excluding hydrogens is 281 g/mol. The number of piperidine rings is 1. The lowest BCUT2D eigenvalue weighted by Gasteiger charge is -2.33. The Morgan fingerprint density at radius 3 is 3.05 bits per heavy atom. The molecule has 0 spiro atoms. The maximum absolute atomic E-state index is 14.2. The summed E-state index contributed by atoms with van der Waals surface area (Å²) in [5, 5.41) is 7.58. The number of rotatable bonds is 2. The summed E-state index contributed by atoms with van der Waals surface area (Å²) in [7, 11) is 0. The lowest BCUT2D eigenvalue weighted by atomic mass is 9.94. The number of hydrogen-bond acceptors (Lipinski definition) is 4. The van der Waals surface area contributed by atoms with Crippen LogP contribution < -0.4 is 4.90 Å². The Morgan fingerprint density at radius 1 is 1.23 bits per heavy atom. The van der Waals surface area contributed by atoms with Crippen LogP contribution in [0.1, 0.15) is 24.5 Å². The molecule has 1 N–H and O–H groups in total. The second-order valence-electron chi connectivity index (χ2n) is 5.63. The lowest BCUT2D eigenvalue weighted by molar-refractivity contribution is 0.498. The van der Waals surface area contributed by atoms with Gasteiger partial charge in [-0.25, -0.2) is 14.4 Å². The van der Waals surface area contributed by atoms with Gasteiger partial charge in [-0.1, -0.05) is 6.07 Å². The molecule has 1 atom stereocenters. The summed E-state index contributed by atoms with van der Waals surface area (Å²) in [5.74, 6) is 0.789. The molecule has 1 aliphatic rings. The van der Waals surface area contributed by atoms with Gasteiger partial charge in [-0.05, 0) is 31.0 Å². The fourth-order valence-corrected chi connectivity index (χ4v) is 3.21. The Balaban J connectivity index is 1.72. The number of anilines is 1. The molecular formula is C16H16FN5. The van der Waals surface area contributed by atoms with Crippen LogP contribution in [0.4, 0.5) is 10.2 Å². The predicted octanol–water partition coefficient (Wildman–Crippen LogP) is 2.88. The van der Waals surface area contributed by atoms with Crippen LogP contribution in [-0.2, 0) is 0 Å². The van der Waals surface area contributed by atoms with E-state index >= 15 is 0 Å². The third kappa shape index (κ3) is 2.20. The Labute approximate surface area is 127 Å². The van der Waals surface area contributed by atoms with Crippen molar-refractivity contribution in [3.8, 4) is 0 Å². The highest BCUT2D eigenvalue weighted by Gasteiger charge is 2.25. The number of aromatic nitrogens is 4. The van der Waals surface area contributed by atoms with Crippen molar-refractivity contribution >= 4 is 16.7 Å². The smallest absolute Gasteiger partial charge is 0.142 e. The Hall–Kier alpha value is -2.50. The van der Waals surface area contributed by atoms with E-state index in [0.29, 0.717) is 22.6 Å². The van der Waals surface area contributed by atoms with Crippen LogP contribution in [0, 0.1) is 5.82 Å². The lowest BCUT2D eigenvalue weighted by Crippen LogP contribution is -2.35. The van der Waals surface area contributed by atoms with E-state index in [1.54, 1.807) is 12.3 Å². The van der Waals surface area contributed by atoms with Crippen LogP contribution in [0.3, 0.4) is 0 Å². The fourth-order valence-electron chi connectivity index (χ4n) is 3.21. The predicted molar refractivity (Wildman–Crippen MR) is 82.3 cm³/mol. The zero-order valence-electron chi connectivity index (χ0n) is 12.0. The van der Waals surface area contributed by atoms with Crippen molar-refractivity contribution in [1.29, 1.82) is 0 Å². The van der Waals surface area contributed by atoms with E-state index in [4.69, 9.17) is 0 Å². The fraction of sp³-hybridized carbons (Fsp3) is 0.312. The highest BCUT2D eigenvalue weighted by atomic mass is 19.1. The van der Waals surface area contributed by atoms with Crippen molar-refractivity contribution in [2.45, 2.75) is 18.8 Å². The second-order valence-corrected chi connectivity index (χ2v) is 5.63. The second kappa shape index (κ2) is 5.36. The van der Waals surface area contributed by atoms with Gasteiger partial charge in [0.2, 0.25) is 0 Å². The molecule has 112 valence electrons. The average molecular weight is 297 g/mol. The van der Waals surface area contributed by atoms with E-state index in [1.165, 1.54) is 12.4 Å². The minimum Gasteiger partial charge on any atom is -0.355 e. The summed E-state index contributed by atoms with van der Waals surface area (Å²) in [5.41, 5.74) is 1.78. The van der Waals surface area contributed by atoms with Gasteiger partial charge in [0, 0.05) is 30.9 Å². The van der Waals surface area contributed by atoms with Crippen LogP contribution in [0.5, 0.6) is 0 Å². The van der Waals surface area contributed by atoms with Crippen LogP contribution in [-0.4, -0.2) is 33.3 Å². The average Bonchev–Trinajstić information content (AvgIpc) is 3.09. The molecule has 1 aliphatic heterocycles. The molecule has 6 heteroatoms. The molecule has 22 heavy (non-hydrogen) atoms. The van der Waals surface area contributed by atoms with Gasteiger partial charge in [0.1, 0.15) is 18.0 Å². The normalized spacial score (nSPS) is 18.8. The standard InChI is InChI=1S/C16H16FN5/c17-12-4-1-5-14-15(12)16(19-10-18-14)22-8-2-3-11(9-22)13-6-7-20-21-13/h1,4-7,10-11H,2-3,8-9H2,(H,20,21)/t11-/m0/s1. The van der Waals surface area contributed by atoms with Crippen molar-refractivity contribution in [3.05, 3.63) is 48.3 Å². The summed E-state index contributed by atoms with van der Waals surface area (Å²) in [6.07, 6.45) is 5.43. The maximum Gasteiger partial charge on any atom is 0.142 e. The number of fused-ring (bicyclic) bond motifs is 1.